The molecule has 2 aromatic rings. The lowest BCUT2D eigenvalue weighted by atomic mass is 9.96. The van der Waals surface area contributed by atoms with E-state index in [1.807, 2.05) is 24.3 Å². The smallest absolute Gasteiger partial charge is 0.250 e. The monoisotopic (exact) mass is 371 g/mol. The van der Waals surface area contributed by atoms with Gasteiger partial charge in [-0.15, -0.1) is 0 Å². The molecule has 1 heterocycles. The van der Waals surface area contributed by atoms with Gasteiger partial charge in [0.1, 0.15) is 0 Å². The first kappa shape index (κ1) is 18.4. The van der Waals surface area contributed by atoms with Crippen molar-refractivity contribution in [2.45, 2.75) is 19.4 Å². The van der Waals surface area contributed by atoms with Crippen molar-refractivity contribution < 1.29 is 9.59 Å². The quantitative estimate of drug-likeness (QED) is 0.846. The van der Waals surface area contributed by atoms with Crippen molar-refractivity contribution >= 4 is 29.1 Å². The summed E-state index contributed by atoms with van der Waals surface area (Å²) < 4.78 is 0. The maximum absolute atomic E-state index is 12.7. The van der Waals surface area contributed by atoms with Crippen LogP contribution in [-0.4, -0.2) is 29.8 Å². The van der Waals surface area contributed by atoms with Crippen LogP contribution < -0.4 is 11.1 Å². The summed E-state index contributed by atoms with van der Waals surface area (Å²) in [5.41, 5.74) is 7.23. The number of nitrogens with zero attached hydrogens (tertiary/aromatic N) is 1. The van der Waals surface area contributed by atoms with Crippen LogP contribution in [0.15, 0.2) is 48.5 Å². The van der Waals surface area contributed by atoms with Crippen LogP contribution >= 0.6 is 11.6 Å². The fourth-order valence-electron chi connectivity index (χ4n) is 3.32. The van der Waals surface area contributed by atoms with E-state index in [4.69, 9.17) is 17.3 Å². The summed E-state index contributed by atoms with van der Waals surface area (Å²) in [6.07, 6.45) is 1.77. The van der Waals surface area contributed by atoms with Gasteiger partial charge in [-0.25, -0.2) is 0 Å². The van der Waals surface area contributed by atoms with Gasteiger partial charge >= 0.3 is 0 Å². The number of anilines is 1. The Morgan fingerprint density at radius 1 is 1.15 bits per heavy atom. The molecule has 26 heavy (non-hydrogen) atoms. The van der Waals surface area contributed by atoms with E-state index in [1.54, 1.807) is 24.3 Å². The Kier molecular flexibility index (Phi) is 5.91. The van der Waals surface area contributed by atoms with Crippen LogP contribution in [0.25, 0.3) is 0 Å². The molecule has 1 fully saturated rings. The number of para-hydroxylation sites is 1. The third kappa shape index (κ3) is 4.42. The standard InChI is InChI=1S/C20H22ClN3O2/c21-17-9-3-1-6-14(17)12-24-11-5-7-15(13-24)20(26)23-18-10-4-2-8-16(18)19(22)25/h1-4,6,8-10,15H,5,7,11-13H2,(H2,22,25)(H,23,26). The van der Waals surface area contributed by atoms with Gasteiger partial charge in [-0.1, -0.05) is 41.9 Å². The Balaban J connectivity index is 1.65. The van der Waals surface area contributed by atoms with Crippen LogP contribution in [0.5, 0.6) is 0 Å². The third-order valence-corrected chi connectivity index (χ3v) is 5.05. The van der Waals surface area contributed by atoms with Gasteiger partial charge in [0.2, 0.25) is 5.91 Å². The summed E-state index contributed by atoms with van der Waals surface area (Å²) in [6, 6.07) is 14.6. The number of hydrogen-bond donors (Lipinski definition) is 2. The Labute approximate surface area is 158 Å². The number of hydrogen-bond acceptors (Lipinski definition) is 3. The van der Waals surface area contributed by atoms with Crippen molar-refractivity contribution in [2.75, 3.05) is 18.4 Å². The van der Waals surface area contributed by atoms with E-state index in [2.05, 4.69) is 10.2 Å². The van der Waals surface area contributed by atoms with Gasteiger partial charge < -0.3 is 11.1 Å². The van der Waals surface area contributed by atoms with Crippen molar-refractivity contribution in [3.8, 4) is 0 Å². The predicted octanol–water partition coefficient (Wildman–Crippen LogP) is 3.29. The van der Waals surface area contributed by atoms with E-state index in [9.17, 15) is 9.59 Å². The lowest BCUT2D eigenvalue weighted by Crippen LogP contribution is -2.40. The molecule has 0 aromatic heterocycles. The molecule has 6 heteroatoms. The number of carbonyl (C=O) groups excluding carboxylic acids is 2. The van der Waals surface area contributed by atoms with Crippen LogP contribution in [0.4, 0.5) is 5.69 Å². The van der Waals surface area contributed by atoms with Crippen molar-refractivity contribution in [3.05, 3.63) is 64.7 Å². The molecule has 0 saturated carbocycles. The number of rotatable bonds is 5. The minimum absolute atomic E-state index is 0.0810. The fraction of sp³-hybridized carbons (Fsp3) is 0.300. The van der Waals surface area contributed by atoms with Gasteiger partial charge in [0.25, 0.3) is 5.91 Å². The fourth-order valence-corrected chi connectivity index (χ4v) is 3.52. The molecule has 1 saturated heterocycles. The van der Waals surface area contributed by atoms with E-state index in [1.165, 1.54) is 0 Å². The molecule has 2 amide bonds. The van der Waals surface area contributed by atoms with Gasteiger partial charge in [-0.2, -0.15) is 0 Å². The lowest BCUT2D eigenvalue weighted by Gasteiger charge is -2.32. The predicted molar refractivity (Wildman–Crippen MR) is 103 cm³/mol. The van der Waals surface area contributed by atoms with Crippen molar-refractivity contribution in [2.24, 2.45) is 11.7 Å². The molecule has 5 nitrogen and oxygen atoms in total. The highest BCUT2D eigenvalue weighted by Crippen LogP contribution is 2.24. The number of benzene rings is 2. The van der Waals surface area contributed by atoms with Crippen molar-refractivity contribution in [1.82, 2.24) is 4.90 Å². The van der Waals surface area contributed by atoms with E-state index in [0.29, 0.717) is 17.8 Å². The van der Waals surface area contributed by atoms with Gasteiger partial charge in [0, 0.05) is 18.1 Å². The van der Waals surface area contributed by atoms with E-state index < -0.39 is 5.91 Å². The number of piperidine rings is 1. The molecule has 1 aliphatic rings. The van der Waals surface area contributed by atoms with Crippen LogP contribution in [0, 0.1) is 5.92 Å². The number of carbonyl (C=O) groups is 2. The highest BCUT2D eigenvalue weighted by molar-refractivity contribution is 6.31. The first-order valence-corrected chi connectivity index (χ1v) is 9.08. The Morgan fingerprint density at radius 3 is 2.65 bits per heavy atom. The van der Waals surface area contributed by atoms with Crippen molar-refractivity contribution in [1.29, 1.82) is 0 Å². The van der Waals surface area contributed by atoms with E-state index in [0.717, 1.165) is 36.5 Å². The SMILES string of the molecule is NC(=O)c1ccccc1NC(=O)C1CCCN(Cc2ccccc2Cl)C1. The highest BCUT2D eigenvalue weighted by atomic mass is 35.5. The maximum atomic E-state index is 12.7. The van der Waals surface area contributed by atoms with Gasteiger partial charge in [-0.05, 0) is 43.1 Å². The van der Waals surface area contributed by atoms with Gasteiger partial charge in [-0.3, -0.25) is 14.5 Å². The Bertz CT molecular complexity index is 809. The minimum Gasteiger partial charge on any atom is -0.366 e. The zero-order valence-electron chi connectivity index (χ0n) is 14.5. The van der Waals surface area contributed by atoms with Crippen LogP contribution in [0.2, 0.25) is 5.02 Å². The molecule has 0 radical (unpaired) electrons. The largest absolute Gasteiger partial charge is 0.366 e. The molecule has 136 valence electrons. The molecule has 2 aromatic carbocycles. The highest BCUT2D eigenvalue weighted by Gasteiger charge is 2.26. The lowest BCUT2D eigenvalue weighted by molar-refractivity contribution is -0.121. The summed E-state index contributed by atoms with van der Waals surface area (Å²) in [5, 5.41) is 3.61. The molecule has 0 spiro atoms. The Hall–Kier alpha value is -2.37. The number of amides is 2. The summed E-state index contributed by atoms with van der Waals surface area (Å²) in [4.78, 5) is 26.5. The van der Waals surface area contributed by atoms with Gasteiger partial charge in [0.15, 0.2) is 0 Å². The topological polar surface area (TPSA) is 75.4 Å². The second kappa shape index (κ2) is 8.34. The summed E-state index contributed by atoms with van der Waals surface area (Å²) >= 11 is 6.25. The number of primary amides is 1. The number of likely N-dealkylation sites (tertiary alicyclic amines) is 1. The van der Waals surface area contributed by atoms with Crippen molar-refractivity contribution in [3.63, 3.8) is 0 Å². The first-order chi connectivity index (χ1) is 12.5. The number of nitrogens with two attached hydrogens (primary N) is 1. The summed E-state index contributed by atoms with van der Waals surface area (Å²) in [7, 11) is 0. The maximum Gasteiger partial charge on any atom is 0.250 e. The van der Waals surface area contributed by atoms with Gasteiger partial charge in [0.05, 0.1) is 17.2 Å². The number of nitrogens with one attached hydrogen (secondary N) is 1. The summed E-state index contributed by atoms with van der Waals surface area (Å²) in [5.74, 6) is -0.764. The zero-order valence-corrected chi connectivity index (χ0v) is 15.2. The summed E-state index contributed by atoms with van der Waals surface area (Å²) in [6.45, 7) is 2.32. The molecule has 0 aliphatic carbocycles. The average Bonchev–Trinajstić information content (AvgIpc) is 2.64. The van der Waals surface area contributed by atoms with Crippen LogP contribution in [0.3, 0.4) is 0 Å². The molecular weight excluding hydrogens is 350 g/mol. The number of halogens is 1. The first-order valence-electron chi connectivity index (χ1n) is 8.70. The molecule has 3 N–H and O–H groups in total. The van der Waals surface area contributed by atoms with Crippen LogP contribution in [0.1, 0.15) is 28.8 Å². The van der Waals surface area contributed by atoms with E-state index in [-0.39, 0.29) is 11.8 Å². The second-order valence-corrected chi connectivity index (χ2v) is 6.97. The average molecular weight is 372 g/mol. The van der Waals surface area contributed by atoms with Crippen LogP contribution in [-0.2, 0) is 11.3 Å². The zero-order chi connectivity index (χ0) is 18.5. The molecular formula is C20H22ClN3O2. The molecule has 1 aliphatic heterocycles. The molecule has 1 unspecified atom stereocenters. The normalized spacial score (nSPS) is 17.7. The second-order valence-electron chi connectivity index (χ2n) is 6.56. The Morgan fingerprint density at radius 2 is 1.88 bits per heavy atom. The third-order valence-electron chi connectivity index (χ3n) is 4.68. The molecule has 3 rings (SSSR count). The minimum atomic E-state index is -0.551. The molecule has 1 atom stereocenters. The van der Waals surface area contributed by atoms with E-state index >= 15 is 0 Å². The molecule has 0 bridgehead atoms.